The molecule has 1 heterocycles. The highest BCUT2D eigenvalue weighted by molar-refractivity contribution is 5.92. The first-order chi connectivity index (χ1) is 14.4. The number of fused-ring (bicyclic) bond motifs is 1. The Morgan fingerprint density at radius 2 is 1.70 bits per heavy atom. The maximum absolute atomic E-state index is 13.5. The van der Waals surface area contributed by atoms with Gasteiger partial charge in [0, 0.05) is 24.5 Å². The van der Waals surface area contributed by atoms with Crippen LogP contribution < -0.4 is 14.8 Å². The summed E-state index contributed by atoms with van der Waals surface area (Å²) in [6, 6.07) is 7.30. The number of hydrogen-bond acceptors (Lipinski definition) is 6. The summed E-state index contributed by atoms with van der Waals surface area (Å²) in [5.41, 5.74) is 1.17. The zero-order valence-electron chi connectivity index (χ0n) is 17.4. The number of rotatable bonds is 8. The van der Waals surface area contributed by atoms with Gasteiger partial charge in [-0.1, -0.05) is 12.1 Å². The second-order valence-corrected chi connectivity index (χ2v) is 6.89. The topological polar surface area (TPSA) is 59.5 Å². The van der Waals surface area contributed by atoms with Crippen molar-refractivity contribution in [1.82, 2.24) is 14.9 Å². The van der Waals surface area contributed by atoms with E-state index < -0.39 is 11.6 Å². The Kier molecular flexibility index (Phi) is 6.79. The number of likely N-dealkylation sites (N-methyl/N-ethyl adjacent to an activating group) is 1. The normalized spacial score (nSPS) is 11.4. The highest BCUT2D eigenvalue weighted by Gasteiger charge is 2.12. The number of nitrogens with zero attached hydrogens (tertiary/aromatic N) is 3. The SMILES string of the molecule is COc1cc2nc(/C=C/c3ccc(F)c(F)c3)nc(NCCN(C)C)c2cc1OC. The molecule has 6 nitrogen and oxygen atoms in total. The van der Waals surface area contributed by atoms with E-state index in [2.05, 4.69) is 20.2 Å². The van der Waals surface area contributed by atoms with Gasteiger partial charge >= 0.3 is 0 Å². The van der Waals surface area contributed by atoms with Crippen LogP contribution in [-0.4, -0.2) is 56.3 Å². The lowest BCUT2D eigenvalue weighted by atomic mass is 10.2. The van der Waals surface area contributed by atoms with E-state index in [4.69, 9.17) is 9.47 Å². The van der Waals surface area contributed by atoms with E-state index in [0.29, 0.717) is 40.8 Å². The summed E-state index contributed by atoms with van der Waals surface area (Å²) in [5, 5.41) is 4.12. The number of benzene rings is 2. The quantitative estimate of drug-likeness (QED) is 0.600. The maximum Gasteiger partial charge on any atom is 0.162 e. The van der Waals surface area contributed by atoms with Gasteiger partial charge in [0.05, 0.1) is 19.7 Å². The Hall–Kier alpha value is -3.26. The molecule has 0 aliphatic carbocycles. The Morgan fingerprint density at radius 3 is 2.37 bits per heavy atom. The molecule has 0 saturated carbocycles. The standard InChI is InChI=1S/C22H24F2N4O2/c1-28(2)10-9-25-22-15-12-19(29-3)20(30-4)13-18(15)26-21(27-22)8-6-14-5-7-16(23)17(24)11-14/h5-8,11-13H,9-10H2,1-4H3,(H,25,26,27)/b8-6+. The summed E-state index contributed by atoms with van der Waals surface area (Å²) in [6.45, 7) is 1.50. The van der Waals surface area contributed by atoms with Crippen molar-refractivity contribution in [3.05, 3.63) is 53.4 Å². The second kappa shape index (κ2) is 9.49. The van der Waals surface area contributed by atoms with E-state index in [9.17, 15) is 8.78 Å². The highest BCUT2D eigenvalue weighted by Crippen LogP contribution is 2.34. The number of anilines is 1. The van der Waals surface area contributed by atoms with Crippen molar-refractivity contribution in [2.45, 2.75) is 0 Å². The lowest BCUT2D eigenvalue weighted by Crippen LogP contribution is -2.21. The molecule has 0 radical (unpaired) electrons. The predicted octanol–water partition coefficient (Wildman–Crippen LogP) is 4.07. The maximum atomic E-state index is 13.5. The molecule has 8 heteroatoms. The van der Waals surface area contributed by atoms with Gasteiger partial charge in [0.25, 0.3) is 0 Å². The van der Waals surface area contributed by atoms with Crippen LogP contribution in [0.15, 0.2) is 30.3 Å². The van der Waals surface area contributed by atoms with Crippen LogP contribution >= 0.6 is 0 Å². The number of methoxy groups -OCH3 is 2. The zero-order chi connectivity index (χ0) is 21.7. The van der Waals surface area contributed by atoms with Crippen molar-refractivity contribution in [2.75, 3.05) is 46.7 Å². The molecule has 0 unspecified atom stereocenters. The van der Waals surface area contributed by atoms with Crippen LogP contribution in [0.1, 0.15) is 11.4 Å². The van der Waals surface area contributed by atoms with E-state index in [1.54, 1.807) is 32.4 Å². The van der Waals surface area contributed by atoms with Crippen LogP contribution in [0.2, 0.25) is 0 Å². The number of aromatic nitrogens is 2. The minimum absolute atomic E-state index is 0.423. The number of hydrogen-bond donors (Lipinski definition) is 1. The average molecular weight is 414 g/mol. The van der Waals surface area contributed by atoms with Gasteiger partial charge in [-0.3, -0.25) is 0 Å². The van der Waals surface area contributed by atoms with Crippen LogP contribution in [0.4, 0.5) is 14.6 Å². The molecule has 0 bridgehead atoms. The van der Waals surface area contributed by atoms with Crippen LogP contribution in [0, 0.1) is 11.6 Å². The minimum Gasteiger partial charge on any atom is -0.493 e. The van der Waals surface area contributed by atoms with Crippen LogP contribution in [-0.2, 0) is 0 Å². The van der Waals surface area contributed by atoms with Crippen molar-refractivity contribution in [3.8, 4) is 11.5 Å². The smallest absolute Gasteiger partial charge is 0.162 e. The Labute approximate surface area is 174 Å². The summed E-state index contributed by atoms with van der Waals surface area (Å²) < 4.78 is 37.4. The summed E-state index contributed by atoms with van der Waals surface area (Å²) in [7, 11) is 7.11. The van der Waals surface area contributed by atoms with E-state index in [1.165, 1.54) is 6.07 Å². The zero-order valence-corrected chi connectivity index (χ0v) is 17.4. The fourth-order valence-electron chi connectivity index (χ4n) is 2.87. The van der Waals surface area contributed by atoms with Gasteiger partial charge in [-0.15, -0.1) is 0 Å². The van der Waals surface area contributed by atoms with Crippen molar-refractivity contribution in [2.24, 2.45) is 0 Å². The molecule has 0 saturated heterocycles. The molecule has 0 atom stereocenters. The summed E-state index contributed by atoms with van der Waals surface area (Å²) in [5.74, 6) is 0.411. The molecular weight excluding hydrogens is 390 g/mol. The van der Waals surface area contributed by atoms with E-state index in [1.807, 2.05) is 20.2 Å². The molecule has 1 aromatic heterocycles. The van der Waals surface area contributed by atoms with Crippen molar-refractivity contribution < 1.29 is 18.3 Å². The van der Waals surface area contributed by atoms with Crippen molar-refractivity contribution in [1.29, 1.82) is 0 Å². The Bertz CT molecular complexity index is 1070. The predicted molar refractivity (Wildman–Crippen MR) is 115 cm³/mol. The molecule has 158 valence electrons. The van der Waals surface area contributed by atoms with E-state index >= 15 is 0 Å². The molecule has 2 aromatic carbocycles. The molecule has 1 N–H and O–H groups in total. The third-order valence-electron chi connectivity index (χ3n) is 4.44. The minimum atomic E-state index is -0.903. The summed E-state index contributed by atoms with van der Waals surface area (Å²) >= 11 is 0. The number of ether oxygens (including phenoxy) is 2. The third-order valence-corrected chi connectivity index (χ3v) is 4.44. The van der Waals surface area contributed by atoms with E-state index in [-0.39, 0.29) is 0 Å². The van der Waals surface area contributed by atoms with Gasteiger partial charge < -0.3 is 19.7 Å². The average Bonchev–Trinajstić information content (AvgIpc) is 2.73. The largest absolute Gasteiger partial charge is 0.493 e. The first kappa shape index (κ1) is 21.4. The van der Waals surface area contributed by atoms with Crippen molar-refractivity contribution >= 4 is 28.9 Å². The van der Waals surface area contributed by atoms with Gasteiger partial charge in [0.2, 0.25) is 0 Å². The molecule has 0 aliphatic heterocycles. The number of nitrogens with one attached hydrogen (secondary N) is 1. The van der Waals surface area contributed by atoms with Gasteiger partial charge in [-0.25, -0.2) is 18.7 Å². The molecular formula is C22H24F2N4O2. The van der Waals surface area contributed by atoms with E-state index in [0.717, 1.165) is 24.1 Å². The lowest BCUT2D eigenvalue weighted by molar-refractivity contribution is 0.356. The third kappa shape index (κ3) is 5.01. The Morgan fingerprint density at radius 1 is 0.967 bits per heavy atom. The van der Waals surface area contributed by atoms with Crippen molar-refractivity contribution in [3.63, 3.8) is 0 Å². The fourth-order valence-corrected chi connectivity index (χ4v) is 2.87. The number of halogens is 2. The first-order valence-electron chi connectivity index (χ1n) is 9.36. The van der Waals surface area contributed by atoms with Crippen LogP contribution in [0.5, 0.6) is 11.5 Å². The second-order valence-electron chi connectivity index (χ2n) is 6.89. The Balaban J connectivity index is 2.02. The lowest BCUT2D eigenvalue weighted by Gasteiger charge is -2.14. The first-order valence-corrected chi connectivity index (χ1v) is 9.36. The highest BCUT2D eigenvalue weighted by atomic mass is 19.2. The molecule has 0 amide bonds. The molecule has 0 fully saturated rings. The molecule has 0 spiro atoms. The summed E-state index contributed by atoms with van der Waals surface area (Å²) in [6.07, 6.45) is 3.29. The fraction of sp³-hybridized carbons (Fsp3) is 0.273. The van der Waals surface area contributed by atoms with Gasteiger partial charge in [0.1, 0.15) is 5.82 Å². The van der Waals surface area contributed by atoms with Gasteiger partial charge in [-0.2, -0.15) is 0 Å². The molecule has 3 aromatic rings. The van der Waals surface area contributed by atoms with Gasteiger partial charge in [0.15, 0.2) is 29.0 Å². The summed E-state index contributed by atoms with van der Waals surface area (Å²) in [4.78, 5) is 11.2. The van der Waals surface area contributed by atoms with Crippen LogP contribution in [0.25, 0.3) is 23.1 Å². The molecule has 0 aliphatic rings. The molecule has 3 rings (SSSR count). The monoisotopic (exact) mass is 414 g/mol. The molecule has 30 heavy (non-hydrogen) atoms. The van der Waals surface area contributed by atoms with Crippen LogP contribution in [0.3, 0.4) is 0 Å². The van der Waals surface area contributed by atoms with Gasteiger partial charge in [-0.05, 0) is 43.9 Å².